The highest BCUT2D eigenvalue weighted by Gasteiger charge is 2.31. The minimum atomic E-state index is -0.0787. The third-order valence-electron chi connectivity index (χ3n) is 26.0. The molecule has 33 nitrogen and oxygen atoms in total. The number of rotatable bonds is 9. The maximum Gasteiger partial charge on any atom is 0.281 e. The summed E-state index contributed by atoms with van der Waals surface area (Å²) in [6.45, 7) is 97.5. The van der Waals surface area contributed by atoms with Crippen LogP contribution in [0.1, 0.15) is 351 Å². The Labute approximate surface area is 820 Å². The standard InChI is InChI=1S/C15H22N2.2C13H19N3.C12H17N3.C11H16N4O.3C11H16N4.C9H13N5/c1-8(2)17-13(7)16-14-11(5)9(3)10(4)12(6)15(14)17;1-7(2)16-10(5)8(3)12-9(4)14-11(6)15-13(12)16;1-7(2)16-11(6)15-12-9(4)8(3)10(5)14-13(12)16;1-6(2)10-7(3)14-11-8(4)13-9(5)15-12(10)11;1-6(2)15-8(4)12-9-10(15)13-7(3)14(5)11(9)16;1-6(2)15-9(5)14-10-7(3)12-8(4)13-11(10)15;1-6(2)15-11-10(8(4)14-15)7(3)12-9(5)13-11;1-6(2)15-9(5)14-10-11(15)13-8(4)7(3)12-10;1-5(2)14-9-8(12-13-14)6(3)10-7(4)11-9/h8H,1-7H3;2*7H,1-6H3;6,10H,1-5H3;6H,1-5H3;3*6H,1-5H3;5H,1-4H3. The zero-order chi connectivity index (χ0) is 104. The number of aliphatic imine (C=N–C) groups is 1. The smallest absolute Gasteiger partial charge is 0.281 e. The fourth-order valence-corrected chi connectivity index (χ4v) is 18.8. The molecule has 16 aromatic heterocycles. The maximum absolute atomic E-state index is 12.0. The zero-order valence-electron chi connectivity index (χ0n) is 92.5. The van der Waals surface area contributed by atoms with Gasteiger partial charge in [0.2, 0.25) is 0 Å². The SMILES string of the molecule is CC1=Nc2c(C)nc(C)nc2C1C(C)C.Cc1c(C)c(C)c2c(nc(C)n2C(C)C)c1C.Cc1nc(C)c2c(C)c(C)n(C(C)C)c2n1.Cc1nc(C)c2c(C)nn(C(C)C)c2n1.Cc1nc(C)c2nc(C)n(C(C)C)c2n1.Cc1nc(C)c2nnn(C(C)C)c2n1.Cc1nc2c(nc(C)n2C(C)C)c(=O)n1C.Cc1nc2c(nc(C)n2C(C)C)c(C)c1C.Cc1nc2nc(C)n(C(C)C)c2nc1C. The van der Waals surface area contributed by atoms with Gasteiger partial charge >= 0.3 is 0 Å². The van der Waals surface area contributed by atoms with E-state index in [1.165, 1.54) is 71.3 Å². The molecule has 0 saturated carbocycles. The van der Waals surface area contributed by atoms with Crippen LogP contribution in [-0.2, 0) is 7.05 Å². The number of imidazole rings is 5. The van der Waals surface area contributed by atoms with Gasteiger partial charge in [-0.05, 0) is 356 Å². The normalized spacial score (nSPS) is 12.5. The number of aromatic nitrogens is 31. The summed E-state index contributed by atoms with van der Waals surface area (Å²) < 4.78 is 18.4. The molecule has 1 unspecified atom stereocenters. The lowest BCUT2D eigenvalue weighted by Gasteiger charge is -2.15. The largest absolute Gasteiger partial charge is 0.327 e. The molecule has 33 heteroatoms. The Kier molecular flexibility index (Phi) is 33.7. The van der Waals surface area contributed by atoms with Crippen LogP contribution >= 0.6 is 0 Å². The predicted octanol–water partition coefficient (Wildman–Crippen LogP) is 23.3. The molecule has 1 aliphatic heterocycles. The van der Waals surface area contributed by atoms with Crippen molar-refractivity contribution in [3.8, 4) is 0 Å². The summed E-state index contributed by atoms with van der Waals surface area (Å²) in [6, 6.07) is 2.90. The number of nitrogens with zero attached hydrogens (tertiary/aromatic N) is 32. The van der Waals surface area contributed by atoms with Crippen LogP contribution in [0.25, 0.3) is 89.1 Å². The first kappa shape index (κ1) is 108. The Morgan fingerprint density at radius 1 is 0.259 bits per heavy atom. The topological polar surface area (TPSA) is 357 Å². The quantitative estimate of drug-likeness (QED) is 0.129. The number of benzene rings is 1. The highest BCUT2D eigenvalue weighted by atomic mass is 16.1. The van der Waals surface area contributed by atoms with Crippen LogP contribution in [-0.4, -0.2) is 157 Å². The van der Waals surface area contributed by atoms with E-state index in [1.807, 2.05) is 132 Å². The predicted molar refractivity (Wildman–Crippen MR) is 565 cm³/mol. The van der Waals surface area contributed by atoms with E-state index in [2.05, 4.69) is 341 Å². The van der Waals surface area contributed by atoms with Crippen molar-refractivity contribution in [2.24, 2.45) is 18.0 Å². The molecule has 0 saturated heterocycles. The van der Waals surface area contributed by atoms with E-state index in [0.717, 1.165) is 182 Å². The van der Waals surface area contributed by atoms with E-state index >= 15 is 0 Å². The van der Waals surface area contributed by atoms with Gasteiger partial charge < -0.3 is 27.4 Å². The Bertz CT molecular complexity index is 7520. The lowest BCUT2D eigenvalue weighted by molar-refractivity contribution is 0.526. The molecule has 0 spiro atoms. The summed E-state index contributed by atoms with van der Waals surface area (Å²) in [5, 5.41) is 14.9. The lowest BCUT2D eigenvalue weighted by atomic mass is 9.89. The van der Waals surface area contributed by atoms with Crippen LogP contribution in [0, 0.1) is 200 Å². The lowest BCUT2D eigenvalue weighted by Crippen LogP contribution is -2.21. The van der Waals surface area contributed by atoms with E-state index in [1.54, 1.807) is 7.05 Å². The van der Waals surface area contributed by atoms with Gasteiger partial charge in [-0.2, -0.15) is 5.10 Å². The van der Waals surface area contributed by atoms with E-state index in [0.29, 0.717) is 65.1 Å². The zero-order valence-corrected chi connectivity index (χ0v) is 92.5. The van der Waals surface area contributed by atoms with E-state index in [9.17, 15) is 4.79 Å². The van der Waals surface area contributed by atoms with Crippen molar-refractivity contribution in [3.63, 3.8) is 0 Å². The van der Waals surface area contributed by atoms with Crippen molar-refractivity contribution < 1.29 is 0 Å². The Morgan fingerprint density at radius 2 is 0.655 bits per heavy atom. The van der Waals surface area contributed by atoms with E-state index < -0.39 is 0 Å². The van der Waals surface area contributed by atoms with Gasteiger partial charge in [0.1, 0.15) is 86.4 Å². The third-order valence-corrected chi connectivity index (χ3v) is 26.0. The molecular formula is C106H154N32O. The summed E-state index contributed by atoms with van der Waals surface area (Å²) in [4.78, 5) is 101. The molecule has 17 heterocycles. The second-order valence-corrected chi connectivity index (χ2v) is 39.8. The summed E-state index contributed by atoms with van der Waals surface area (Å²) in [5.41, 5.74) is 35.7. The Hall–Kier alpha value is -12.8. The van der Waals surface area contributed by atoms with Crippen LogP contribution in [0.3, 0.4) is 0 Å². The third kappa shape index (κ3) is 22.2. The molecule has 0 N–H and O–H groups in total. The van der Waals surface area contributed by atoms with Gasteiger partial charge in [-0.3, -0.25) is 14.4 Å². The molecule has 1 atom stereocenters. The molecule has 18 rings (SSSR count). The highest BCUT2D eigenvalue weighted by molar-refractivity contribution is 5.96. The van der Waals surface area contributed by atoms with E-state index in [4.69, 9.17) is 4.98 Å². The van der Waals surface area contributed by atoms with Crippen molar-refractivity contribution >= 4 is 100 Å². The molecule has 0 bridgehead atoms. The van der Waals surface area contributed by atoms with Crippen molar-refractivity contribution in [2.45, 2.75) is 380 Å². The number of pyridine rings is 1. The number of hydrogen-bond acceptors (Lipinski definition) is 24. The maximum atomic E-state index is 12.0. The monoisotopic (exact) mass is 1890 g/mol. The molecule has 1 aromatic carbocycles. The Balaban J connectivity index is 0.000000161. The van der Waals surface area contributed by atoms with Gasteiger partial charge in [0.15, 0.2) is 50.6 Å². The number of fused-ring (bicyclic) bond motifs is 9. The fraction of sp³-hybridized carbons (Fsp3) is 0.547. The van der Waals surface area contributed by atoms with Gasteiger partial charge in [-0.1, -0.05) is 19.1 Å². The summed E-state index contributed by atoms with van der Waals surface area (Å²) in [7, 11) is 1.72. The summed E-state index contributed by atoms with van der Waals surface area (Å²) >= 11 is 0. The van der Waals surface area contributed by atoms with Gasteiger partial charge in [-0.15, -0.1) is 5.10 Å². The molecule has 0 fully saturated rings. The van der Waals surface area contributed by atoms with Gasteiger partial charge in [0.25, 0.3) is 5.56 Å². The second-order valence-electron chi connectivity index (χ2n) is 39.8. The minimum Gasteiger partial charge on any atom is -0.327 e. The van der Waals surface area contributed by atoms with Gasteiger partial charge in [0.05, 0.1) is 73.7 Å². The minimum absolute atomic E-state index is 0.0787. The molecule has 139 heavy (non-hydrogen) atoms. The summed E-state index contributed by atoms with van der Waals surface area (Å²) in [6.07, 6.45) is 0. The van der Waals surface area contributed by atoms with Crippen LogP contribution < -0.4 is 5.56 Å². The molecule has 0 aliphatic carbocycles. The molecule has 1 aliphatic rings. The average Bonchev–Trinajstić information content (AvgIpc) is 1.60. The van der Waals surface area contributed by atoms with Crippen LogP contribution in [0.5, 0.6) is 0 Å². The first-order valence-electron chi connectivity index (χ1n) is 48.8. The first-order chi connectivity index (χ1) is 64.8. The molecule has 17 aromatic rings. The number of aryl methyl sites for hydroxylation is 24. The molecular weight excluding hydrogens is 1740 g/mol. The average molecular weight is 1890 g/mol. The van der Waals surface area contributed by atoms with Crippen LogP contribution in [0.15, 0.2) is 9.79 Å². The molecule has 744 valence electrons. The van der Waals surface area contributed by atoms with Crippen molar-refractivity contribution in [3.05, 3.63) is 176 Å². The van der Waals surface area contributed by atoms with Crippen molar-refractivity contribution in [1.82, 2.24) is 151 Å². The summed E-state index contributed by atoms with van der Waals surface area (Å²) in [5.74, 6) is 10.7. The number of hydrogen-bond donors (Lipinski definition) is 0. The van der Waals surface area contributed by atoms with Crippen molar-refractivity contribution in [2.75, 3.05) is 0 Å². The van der Waals surface area contributed by atoms with Crippen molar-refractivity contribution in [1.29, 1.82) is 0 Å². The van der Waals surface area contributed by atoms with Gasteiger partial charge in [0, 0.05) is 77.7 Å². The fourth-order valence-electron chi connectivity index (χ4n) is 18.8. The highest BCUT2D eigenvalue weighted by Crippen LogP contribution is 2.41. The Morgan fingerprint density at radius 3 is 1.17 bits per heavy atom. The molecule has 0 amide bonds. The molecule has 0 radical (unpaired) electrons. The second kappa shape index (κ2) is 43.3. The van der Waals surface area contributed by atoms with Gasteiger partial charge in [-0.25, -0.2) is 104 Å². The van der Waals surface area contributed by atoms with Crippen LogP contribution in [0.4, 0.5) is 5.69 Å². The van der Waals surface area contributed by atoms with Crippen LogP contribution in [0.2, 0.25) is 0 Å². The van der Waals surface area contributed by atoms with E-state index in [-0.39, 0.29) is 17.6 Å². The first-order valence-corrected chi connectivity index (χ1v) is 48.8.